The van der Waals surface area contributed by atoms with Crippen molar-refractivity contribution in [1.82, 2.24) is 5.32 Å². The van der Waals surface area contributed by atoms with Gasteiger partial charge in [-0.15, -0.1) is 0 Å². The number of hydrogen-bond donors (Lipinski definition) is 3. The van der Waals surface area contributed by atoms with Crippen LogP contribution in [-0.4, -0.2) is 34.7 Å². The van der Waals surface area contributed by atoms with Gasteiger partial charge < -0.3 is 15.5 Å². The van der Waals surface area contributed by atoms with Crippen LogP contribution in [0.15, 0.2) is 24.3 Å². The first-order chi connectivity index (χ1) is 10.1. The van der Waals surface area contributed by atoms with Crippen molar-refractivity contribution in [2.45, 2.75) is 45.1 Å². The fourth-order valence-electron chi connectivity index (χ4n) is 2.07. The minimum atomic E-state index is -1.22. The molecular weight excluding hydrogens is 270 g/mol. The van der Waals surface area contributed by atoms with Gasteiger partial charge in [0, 0.05) is 6.42 Å². The quantitative estimate of drug-likeness (QED) is 0.644. The lowest BCUT2D eigenvalue weighted by Crippen LogP contribution is -2.43. The predicted molar refractivity (Wildman–Crippen MR) is 80.0 cm³/mol. The first kappa shape index (κ1) is 17.2. The third-order valence-corrected chi connectivity index (χ3v) is 3.25. The SMILES string of the molecule is CCCc1ccc(CCCC(=O)NC(CO)C(=O)O)cc1. The van der Waals surface area contributed by atoms with Gasteiger partial charge in [-0.25, -0.2) is 4.79 Å². The van der Waals surface area contributed by atoms with E-state index in [-0.39, 0.29) is 12.3 Å². The zero-order valence-corrected chi connectivity index (χ0v) is 12.3. The number of hydrogen-bond acceptors (Lipinski definition) is 3. The van der Waals surface area contributed by atoms with Crippen LogP contribution in [0.5, 0.6) is 0 Å². The highest BCUT2D eigenvalue weighted by atomic mass is 16.4. The summed E-state index contributed by atoms with van der Waals surface area (Å²) in [6.45, 7) is 1.54. The highest BCUT2D eigenvalue weighted by molar-refractivity contribution is 5.83. The van der Waals surface area contributed by atoms with Crippen molar-refractivity contribution < 1.29 is 19.8 Å². The van der Waals surface area contributed by atoms with E-state index in [4.69, 9.17) is 10.2 Å². The smallest absolute Gasteiger partial charge is 0.328 e. The van der Waals surface area contributed by atoms with Crippen LogP contribution >= 0.6 is 0 Å². The van der Waals surface area contributed by atoms with Crippen LogP contribution in [0.4, 0.5) is 0 Å². The normalized spacial score (nSPS) is 11.9. The summed E-state index contributed by atoms with van der Waals surface area (Å²) >= 11 is 0. The summed E-state index contributed by atoms with van der Waals surface area (Å²) in [5.41, 5.74) is 2.48. The molecule has 116 valence electrons. The first-order valence-corrected chi connectivity index (χ1v) is 7.27. The van der Waals surface area contributed by atoms with E-state index >= 15 is 0 Å². The fraction of sp³-hybridized carbons (Fsp3) is 0.500. The van der Waals surface area contributed by atoms with E-state index in [0.29, 0.717) is 6.42 Å². The molecule has 0 aliphatic heterocycles. The molecule has 5 nitrogen and oxygen atoms in total. The molecule has 0 spiro atoms. The maximum Gasteiger partial charge on any atom is 0.328 e. The largest absolute Gasteiger partial charge is 0.480 e. The first-order valence-electron chi connectivity index (χ1n) is 7.27. The van der Waals surface area contributed by atoms with E-state index in [9.17, 15) is 9.59 Å². The Morgan fingerprint density at radius 3 is 2.19 bits per heavy atom. The number of aliphatic carboxylic acids is 1. The molecule has 21 heavy (non-hydrogen) atoms. The molecule has 1 rings (SSSR count). The number of aliphatic hydroxyl groups excluding tert-OH is 1. The Kier molecular flexibility index (Phi) is 7.46. The van der Waals surface area contributed by atoms with Crippen LogP contribution < -0.4 is 5.32 Å². The summed E-state index contributed by atoms with van der Waals surface area (Å²) < 4.78 is 0. The summed E-state index contributed by atoms with van der Waals surface area (Å²) in [6, 6.07) is 7.12. The lowest BCUT2D eigenvalue weighted by atomic mass is 10.0. The zero-order chi connectivity index (χ0) is 15.7. The number of rotatable bonds is 9. The Morgan fingerprint density at radius 2 is 1.71 bits per heavy atom. The van der Waals surface area contributed by atoms with Gasteiger partial charge in [0.25, 0.3) is 0 Å². The fourth-order valence-corrected chi connectivity index (χ4v) is 2.07. The second kappa shape index (κ2) is 9.13. The van der Waals surface area contributed by atoms with Crippen LogP contribution in [0.2, 0.25) is 0 Å². The van der Waals surface area contributed by atoms with Crippen molar-refractivity contribution in [2.75, 3.05) is 6.61 Å². The lowest BCUT2D eigenvalue weighted by molar-refractivity contribution is -0.142. The molecule has 1 unspecified atom stereocenters. The minimum Gasteiger partial charge on any atom is -0.480 e. The van der Waals surface area contributed by atoms with E-state index in [1.54, 1.807) is 0 Å². The number of aryl methyl sites for hydroxylation is 2. The van der Waals surface area contributed by atoms with E-state index in [1.807, 2.05) is 0 Å². The molecule has 0 aliphatic rings. The number of carboxylic acids is 1. The summed E-state index contributed by atoms with van der Waals surface area (Å²) in [6.07, 6.45) is 3.86. The molecule has 0 bridgehead atoms. The lowest BCUT2D eigenvalue weighted by Gasteiger charge is -2.11. The monoisotopic (exact) mass is 293 g/mol. The average molecular weight is 293 g/mol. The number of carbonyl (C=O) groups excluding carboxylic acids is 1. The molecule has 0 radical (unpaired) electrons. The van der Waals surface area contributed by atoms with E-state index in [1.165, 1.54) is 11.1 Å². The van der Waals surface area contributed by atoms with Gasteiger partial charge in [-0.1, -0.05) is 37.6 Å². The topological polar surface area (TPSA) is 86.6 Å². The van der Waals surface area contributed by atoms with Crippen molar-refractivity contribution in [1.29, 1.82) is 0 Å². The Balaban J connectivity index is 2.32. The van der Waals surface area contributed by atoms with Gasteiger partial charge in [0.1, 0.15) is 6.04 Å². The number of nitrogens with one attached hydrogen (secondary N) is 1. The van der Waals surface area contributed by atoms with Gasteiger partial charge in [-0.05, 0) is 30.4 Å². The maximum absolute atomic E-state index is 11.6. The van der Waals surface area contributed by atoms with E-state index in [0.717, 1.165) is 19.3 Å². The predicted octanol–water partition coefficient (Wildman–Crippen LogP) is 1.52. The van der Waals surface area contributed by atoms with Crippen LogP contribution in [0.3, 0.4) is 0 Å². The molecule has 1 atom stereocenters. The summed E-state index contributed by atoms with van der Waals surface area (Å²) in [5.74, 6) is -1.57. The molecule has 3 N–H and O–H groups in total. The number of amides is 1. The van der Waals surface area contributed by atoms with Crippen molar-refractivity contribution in [3.63, 3.8) is 0 Å². The van der Waals surface area contributed by atoms with Crippen molar-refractivity contribution in [3.05, 3.63) is 35.4 Å². The number of benzene rings is 1. The van der Waals surface area contributed by atoms with Crippen molar-refractivity contribution in [3.8, 4) is 0 Å². The molecular formula is C16H23NO4. The molecule has 0 saturated carbocycles. The van der Waals surface area contributed by atoms with Crippen LogP contribution in [0.25, 0.3) is 0 Å². The summed E-state index contributed by atoms with van der Waals surface area (Å²) in [7, 11) is 0. The molecule has 1 amide bonds. The second-order valence-electron chi connectivity index (χ2n) is 5.06. The number of carboxylic acid groups (broad SMARTS) is 1. The highest BCUT2D eigenvalue weighted by Crippen LogP contribution is 2.09. The Hall–Kier alpha value is -1.88. The second-order valence-corrected chi connectivity index (χ2v) is 5.06. The molecule has 0 saturated heterocycles. The molecule has 1 aromatic rings. The van der Waals surface area contributed by atoms with Crippen LogP contribution in [0, 0.1) is 0 Å². The van der Waals surface area contributed by atoms with Gasteiger partial charge in [0.2, 0.25) is 5.91 Å². The van der Waals surface area contributed by atoms with Gasteiger partial charge in [0.15, 0.2) is 0 Å². The third kappa shape index (κ3) is 6.40. The Labute approximate surface area is 125 Å². The number of aliphatic hydroxyl groups is 1. The van der Waals surface area contributed by atoms with Gasteiger partial charge in [0.05, 0.1) is 6.61 Å². The molecule has 0 aliphatic carbocycles. The van der Waals surface area contributed by atoms with E-state index < -0.39 is 18.6 Å². The van der Waals surface area contributed by atoms with Gasteiger partial charge in [-0.3, -0.25) is 4.79 Å². The van der Waals surface area contributed by atoms with Gasteiger partial charge in [-0.2, -0.15) is 0 Å². The maximum atomic E-state index is 11.6. The zero-order valence-electron chi connectivity index (χ0n) is 12.3. The van der Waals surface area contributed by atoms with Gasteiger partial charge >= 0.3 is 5.97 Å². The third-order valence-electron chi connectivity index (χ3n) is 3.25. The highest BCUT2D eigenvalue weighted by Gasteiger charge is 2.18. The Morgan fingerprint density at radius 1 is 1.14 bits per heavy atom. The van der Waals surface area contributed by atoms with Crippen molar-refractivity contribution >= 4 is 11.9 Å². The summed E-state index contributed by atoms with van der Waals surface area (Å²) in [4.78, 5) is 22.2. The standard InChI is InChI=1S/C16H23NO4/c1-2-4-12-7-9-13(10-8-12)5-3-6-15(19)17-14(11-18)16(20)21/h7-10,14,18H,2-6,11H2,1H3,(H,17,19)(H,20,21). The molecule has 0 heterocycles. The summed E-state index contributed by atoms with van der Waals surface area (Å²) in [5, 5.41) is 19.8. The number of carbonyl (C=O) groups is 2. The molecule has 0 fully saturated rings. The molecule has 5 heteroatoms. The Bertz CT molecular complexity index is 456. The minimum absolute atomic E-state index is 0.250. The molecule has 0 aromatic heterocycles. The average Bonchev–Trinajstić information content (AvgIpc) is 2.46. The van der Waals surface area contributed by atoms with Crippen LogP contribution in [0.1, 0.15) is 37.3 Å². The molecule has 1 aromatic carbocycles. The van der Waals surface area contributed by atoms with Crippen molar-refractivity contribution in [2.24, 2.45) is 0 Å². The van der Waals surface area contributed by atoms with Crippen LogP contribution in [-0.2, 0) is 22.4 Å². The van der Waals surface area contributed by atoms with E-state index in [2.05, 4.69) is 36.5 Å².